The van der Waals surface area contributed by atoms with Crippen molar-refractivity contribution >= 4 is 11.6 Å². The van der Waals surface area contributed by atoms with Gasteiger partial charge in [0.1, 0.15) is 11.5 Å². The summed E-state index contributed by atoms with van der Waals surface area (Å²) in [5, 5.41) is 3.04. The Kier molecular flexibility index (Phi) is 5.65. The fraction of sp³-hybridized carbons (Fsp3) is 0.235. The van der Waals surface area contributed by atoms with Crippen LogP contribution in [-0.2, 0) is 6.54 Å². The summed E-state index contributed by atoms with van der Waals surface area (Å²) in [6.07, 6.45) is 0. The Hall–Kier alpha value is -2.69. The zero-order valence-electron chi connectivity index (χ0n) is 12.9. The molecule has 2 aromatic carbocycles. The number of nitrogens with zero attached hydrogens (tertiary/aromatic N) is 1. The highest BCUT2D eigenvalue weighted by atomic mass is 16.5. The van der Waals surface area contributed by atoms with Gasteiger partial charge in [-0.25, -0.2) is 4.99 Å². The van der Waals surface area contributed by atoms with Crippen molar-refractivity contribution < 1.29 is 9.47 Å². The average Bonchev–Trinajstić information content (AvgIpc) is 2.54. The molecule has 0 fully saturated rings. The Balaban J connectivity index is 1.98. The van der Waals surface area contributed by atoms with Crippen molar-refractivity contribution in [1.82, 2.24) is 0 Å². The largest absolute Gasteiger partial charge is 0.497 e. The SMILES string of the molecule is CCOc1cccc(CN=C(N)Nc2cccc(OC)c2)c1. The number of rotatable bonds is 6. The number of methoxy groups -OCH3 is 1. The molecule has 0 aromatic heterocycles. The molecule has 2 aromatic rings. The molecule has 5 nitrogen and oxygen atoms in total. The Morgan fingerprint density at radius 2 is 1.91 bits per heavy atom. The Labute approximate surface area is 130 Å². The first-order valence-electron chi connectivity index (χ1n) is 7.14. The van der Waals surface area contributed by atoms with Crippen LogP contribution in [0.5, 0.6) is 11.5 Å². The molecule has 116 valence electrons. The molecular formula is C17H21N3O2. The van der Waals surface area contributed by atoms with E-state index >= 15 is 0 Å². The molecule has 0 aliphatic carbocycles. The molecule has 0 amide bonds. The van der Waals surface area contributed by atoms with Crippen LogP contribution in [0.1, 0.15) is 12.5 Å². The van der Waals surface area contributed by atoms with Crippen molar-refractivity contribution in [1.29, 1.82) is 0 Å². The molecule has 0 aliphatic rings. The molecule has 0 spiro atoms. The minimum absolute atomic E-state index is 0.357. The van der Waals surface area contributed by atoms with E-state index in [4.69, 9.17) is 15.2 Å². The lowest BCUT2D eigenvalue weighted by molar-refractivity contribution is 0.340. The Bertz CT molecular complexity index is 641. The highest BCUT2D eigenvalue weighted by molar-refractivity contribution is 5.92. The monoisotopic (exact) mass is 299 g/mol. The summed E-state index contributed by atoms with van der Waals surface area (Å²) in [4.78, 5) is 4.33. The summed E-state index contributed by atoms with van der Waals surface area (Å²) in [7, 11) is 1.63. The highest BCUT2D eigenvalue weighted by Gasteiger charge is 1.99. The molecule has 0 aliphatic heterocycles. The van der Waals surface area contributed by atoms with E-state index < -0.39 is 0 Å². The van der Waals surface area contributed by atoms with E-state index in [1.54, 1.807) is 7.11 Å². The maximum atomic E-state index is 5.91. The summed E-state index contributed by atoms with van der Waals surface area (Å²) >= 11 is 0. The van der Waals surface area contributed by atoms with E-state index in [1.165, 1.54) is 0 Å². The molecule has 0 saturated heterocycles. The lowest BCUT2D eigenvalue weighted by Gasteiger charge is -2.08. The van der Waals surface area contributed by atoms with Gasteiger partial charge in [-0.2, -0.15) is 0 Å². The van der Waals surface area contributed by atoms with E-state index in [-0.39, 0.29) is 0 Å². The van der Waals surface area contributed by atoms with Gasteiger partial charge in [0.25, 0.3) is 0 Å². The summed E-state index contributed by atoms with van der Waals surface area (Å²) in [6, 6.07) is 15.4. The van der Waals surface area contributed by atoms with Gasteiger partial charge in [0, 0.05) is 11.8 Å². The second-order valence-corrected chi connectivity index (χ2v) is 4.64. The average molecular weight is 299 g/mol. The highest BCUT2D eigenvalue weighted by Crippen LogP contribution is 2.17. The van der Waals surface area contributed by atoms with Gasteiger partial charge >= 0.3 is 0 Å². The van der Waals surface area contributed by atoms with Gasteiger partial charge < -0.3 is 20.5 Å². The van der Waals surface area contributed by atoms with Crippen LogP contribution in [0.15, 0.2) is 53.5 Å². The molecule has 0 unspecified atom stereocenters. The van der Waals surface area contributed by atoms with E-state index in [0.29, 0.717) is 19.1 Å². The van der Waals surface area contributed by atoms with Crippen molar-refractivity contribution in [2.24, 2.45) is 10.7 Å². The standard InChI is InChI=1S/C17H21N3O2/c1-3-22-16-9-4-6-13(10-16)12-19-17(18)20-14-7-5-8-15(11-14)21-2/h4-11H,3,12H2,1-2H3,(H3,18,19,20). The van der Waals surface area contributed by atoms with Crippen LogP contribution in [-0.4, -0.2) is 19.7 Å². The molecule has 0 bridgehead atoms. The third-order valence-corrected chi connectivity index (χ3v) is 2.98. The van der Waals surface area contributed by atoms with Gasteiger partial charge in [-0.05, 0) is 36.8 Å². The van der Waals surface area contributed by atoms with Gasteiger partial charge in [-0.15, -0.1) is 0 Å². The summed E-state index contributed by atoms with van der Waals surface area (Å²) in [5.74, 6) is 1.96. The van der Waals surface area contributed by atoms with Crippen molar-refractivity contribution in [3.63, 3.8) is 0 Å². The number of ether oxygens (including phenoxy) is 2. The van der Waals surface area contributed by atoms with E-state index in [0.717, 1.165) is 22.7 Å². The topological polar surface area (TPSA) is 68.9 Å². The molecule has 0 heterocycles. The van der Waals surface area contributed by atoms with E-state index in [2.05, 4.69) is 10.3 Å². The third-order valence-electron chi connectivity index (χ3n) is 2.98. The Morgan fingerprint density at radius 1 is 1.14 bits per heavy atom. The molecule has 0 atom stereocenters. The third kappa shape index (κ3) is 4.70. The van der Waals surface area contributed by atoms with Gasteiger partial charge in [-0.1, -0.05) is 18.2 Å². The molecule has 2 rings (SSSR count). The van der Waals surface area contributed by atoms with Crippen LogP contribution in [0.2, 0.25) is 0 Å². The summed E-state index contributed by atoms with van der Waals surface area (Å²) in [5.41, 5.74) is 7.79. The minimum Gasteiger partial charge on any atom is -0.497 e. The summed E-state index contributed by atoms with van der Waals surface area (Å²) < 4.78 is 10.6. The normalized spacial score (nSPS) is 11.1. The predicted octanol–water partition coefficient (Wildman–Crippen LogP) is 3.02. The number of aliphatic imine (C=N–C) groups is 1. The molecule has 22 heavy (non-hydrogen) atoms. The van der Waals surface area contributed by atoms with Gasteiger partial charge in [0.05, 0.1) is 20.3 Å². The number of benzene rings is 2. The molecule has 5 heteroatoms. The van der Waals surface area contributed by atoms with Crippen LogP contribution in [0.25, 0.3) is 0 Å². The fourth-order valence-electron chi connectivity index (χ4n) is 1.96. The zero-order chi connectivity index (χ0) is 15.8. The number of nitrogens with one attached hydrogen (secondary N) is 1. The fourth-order valence-corrected chi connectivity index (χ4v) is 1.96. The molecule has 3 N–H and O–H groups in total. The van der Waals surface area contributed by atoms with Gasteiger partial charge in [0.2, 0.25) is 0 Å². The number of hydrogen-bond donors (Lipinski definition) is 2. The van der Waals surface area contributed by atoms with Crippen LogP contribution >= 0.6 is 0 Å². The van der Waals surface area contributed by atoms with Crippen LogP contribution in [0, 0.1) is 0 Å². The number of guanidine groups is 1. The van der Waals surface area contributed by atoms with E-state index in [1.807, 2.05) is 55.5 Å². The first kappa shape index (κ1) is 15.7. The predicted molar refractivity (Wildman–Crippen MR) is 89.6 cm³/mol. The minimum atomic E-state index is 0.357. The molecular weight excluding hydrogens is 278 g/mol. The van der Waals surface area contributed by atoms with Crippen molar-refractivity contribution in [2.75, 3.05) is 19.0 Å². The maximum absolute atomic E-state index is 5.91. The number of anilines is 1. The lowest BCUT2D eigenvalue weighted by atomic mass is 10.2. The number of hydrogen-bond acceptors (Lipinski definition) is 3. The quantitative estimate of drug-likeness (QED) is 0.635. The van der Waals surface area contributed by atoms with Crippen molar-refractivity contribution in [3.8, 4) is 11.5 Å². The second kappa shape index (κ2) is 7.93. The maximum Gasteiger partial charge on any atom is 0.193 e. The van der Waals surface area contributed by atoms with Crippen molar-refractivity contribution in [2.45, 2.75) is 13.5 Å². The van der Waals surface area contributed by atoms with Crippen molar-refractivity contribution in [3.05, 3.63) is 54.1 Å². The zero-order valence-corrected chi connectivity index (χ0v) is 12.9. The molecule has 0 radical (unpaired) electrons. The van der Waals surface area contributed by atoms with Crippen LogP contribution in [0.3, 0.4) is 0 Å². The first-order chi connectivity index (χ1) is 10.7. The summed E-state index contributed by atoms with van der Waals surface area (Å²) in [6.45, 7) is 3.09. The Morgan fingerprint density at radius 3 is 2.68 bits per heavy atom. The smallest absolute Gasteiger partial charge is 0.193 e. The number of nitrogens with two attached hydrogens (primary N) is 1. The van der Waals surface area contributed by atoms with Crippen LogP contribution < -0.4 is 20.5 Å². The van der Waals surface area contributed by atoms with E-state index in [9.17, 15) is 0 Å². The van der Waals surface area contributed by atoms with Crippen LogP contribution in [0.4, 0.5) is 5.69 Å². The second-order valence-electron chi connectivity index (χ2n) is 4.64. The lowest BCUT2D eigenvalue weighted by Crippen LogP contribution is -2.22. The van der Waals surface area contributed by atoms with Gasteiger partial charge in [-0.3, -0.25) is 0 Å². The first-order valence-corrected chi connectivity index (χ1v) is 7.14. The van der Waals surface area contributed by atoms with Gasteiger partial charge in [0.15, 0.2) is 5.96 Å². The molecule has 0 saturated carbocycles.